The summed E-state index contributed by atoms with van der Waals surface area (Å²) in [4.78, 5) is 18.8. The summed E-state index contributed by atoms with van der Waals surface area (Å²) in [6.07, 6.45) is 0. The van der Waals surface area contributed by atoms with Crippen molar-refractivity contribution in [2.45, 2.75) is 19.2 Å². The molecule has 2 N–H and O–H groups in total. The molecular formula is C11H12ClN3O. The van der Waals surface area contributed by atoms with Crippen LogP contribution in [0, 0.1) is 6.92 Å². The smallest absolute Gasteiger partial charge is 0.242 e. The molecule has 4 nitrogen and oxygen atoms in total. The highest BCUT2D eigenvalue weighted by molar-refractivity contribution is 6.32. The molecule has 0 bridgehead atoms. The number of benzene rings is 1. The van der Waals surface area contributed by atoms with Crippen LogP contribution in [0.1, 0.15) is 12.7 Å². The van der Waals surface area contributed by atoms with Crippen molar-refractivity contribution in [3.8, 4) is 0 Å². The predicted octanol–water partition coefficient (Wildman–Crippen LogP) is 2.44. The van der Waals surface area contributed by atoms with E-state index in [1.54, 1.807) is 13.0 Å². The van der Waals surface area contributed by atoms with E-state index in [-0.39, 0.29) is 5.91 Å². The van der Waals surface area contributed by atoms with E-state index in [0.29, 0.717) is 5.69 Å². The third-order valence-electron chi connectivity index (χ3n) is 2.23. The average molecular weight is 238 g/mol. The van der Waals surface area contributed by atoms with Gasteiger partial charge in [0.05, 0.1) is 11.0 Å². The number of hydrogen-bond donors (Lipinski definition) is 2. The summed E-state index contributed by atoms with van der Waals surface area (Å²) >= 11 is 5.67. The van der Waals surface area contributed by atoms with Crippen molar-refractivity contribution in [1.29, 1.82) is 0 Å². The Morgan fingerprint density at radius 2 is 2.31 bits per heavy atom. The van der Waals surface area contributed by atoms with Gasteiger partial charge < -0.3 is 10.3 Å². The quantitative estimate of drug-likeness (QED) is 0.789. The van der Waals surface area contributed by atoms with Crippen molar-refractivity contribution < 1.29 is 4.79 Å². The minimum Gasteiger partial charge on any atom is -0.342 e. The van der Waals surface area contributed by atoms with Crippen molar-refractivity contribution in [2.24, 2.45) is 0 Å². The number of imidazole rings is 1. The molecular weight excluding hydrogens is 226 g/mol. The van der Waals surface area contributed by atoms with E-state index in [1.165, 1.54) is 0 Å². The molecule has 16 heavy (non-hydrogen) atoms. The average Bonchev–Trinajstić information content (AvgIpc) is 2.57. The molecule has 0 fully saturated rings. The summed E-state index contributed by atoms with van der Waals surface area (Å²) in [7, 11) is 0. The summed E-state index contributed by atoms with van der Waals surface area (Å²) in [6.45, 7) is 3.52. The molecule has 0 saturated heterocycles. The fourth-order valence-corrected chi connectivity index (χ4v) is 1.51. The van der Waals surface area contributed by atoms with Gasteiger partial charge in [0, 0.05) is 5.69 Å². The Balaban J connectivity index is 2.29. The molecule has 2 aromatic rings. The van der Waals surface area contributed by atoms with Crippen molar-refractivity contribution >= 4 is 34.2 Å². The van der Waals surface area contributed by atoms with Gasteiger partial charge in [0.1, 0.15) is 11.2 Å². The van der Waals surface area contributed by atoms with Gasteiger partial charge in [-0.15, -0.1) is 11.6 Å². The number of anilines is 1. The number of H-pyrrole nitrogens is 1. The van der Waals surface area contributed by atoms with Crippen molar-refractivity contribution in [1.82, 2.24) is 9.97 Å². The van der Waals surface area contributed by atoms with Crippen LogP contribution in [0.4, 0.5) is 5.69 Å². The van der Waals surface area contributed by atoms with Crippen LogP contribution in [-0.2, 0) is 4.79 Å². The predicted molar refractivity (Wildman–Crippen MR) is 64.8 cm³/mol. The first-order valence-electron chi connectivity index (χ1n) is 4.97. The number of aryl methyl sites for hydroxylation is 1. The topological polar surface area (TPSA) is 57.8 Å². The monoisotopic (exact) mass is 237 g/mol. The summed E-state index contributed by atoms with van der Waals surface area (Å²) in [5, 5.41) is 2.18. The minimum absolute atomic E-state index is 0.211. The first kappa shape index (κ1) is 11.0. The lowest BCUT2D eigenvalue weighted by molar-refractivity contribution is -0.115. The highest BCUT2D eigenvalue weighted by Crippen LogP contribution is 2.17. The standard InChI is InChI=1S/C11H12ClN3O/c1-6(12)11(16)15-8-3-4-9-10(5-8)14-7(2)13-9/h3-6H,1-2H3,(H,13,14)(H,15,16). The molecule has 0 spiro atoms. The molecule has 1 amide bonds. The lowest BCUT2D eigenvalue weighted by atomic mass is 10.2. The largest absolute Gasteiger partial charge is 0.342 e. The number of aromatic nitrogens is 2. The first-order valence-corrected chi connectivity index (χ1v) is 5.41. The SMILES string of the molecule is Cc1nc2ccc(NC(=O)C(C)Cl)cc2[nH]1. The molecule has 0 aliphatic rings. The lowest BCUT2D eigenvalue weighted by Gasteiger charge is -2.05. The van der Waals surface area contributed by atoms with Gasteiger partial charge in [0.2, 0.25) is 5.91 Å². The number of nitrogens with zero attached hydrogens (tertiary/aromatic N) is 1. The number of fused-ring (bicyclic) bond motifs is 1. The van der Waals surface area contributed by atoms with E-state index in [9.17, 15) is 4.79 Å². The molecule has 1 aromatic carbocycles. The van der Waals surface area contributed by atoms with Gasteiger partial charge in [-0.2, -0.15) is 0 Å². The maximum atomic E-state index is 11.4. The molecule has 1 aromatic heterocycles. The Hall–Kier alpha value is -1.55. The van der Waals surface area contributed by atoms with Gasteiger partial charge in [0.15, 0.2) is 0 Å². The number of nitrogens with one attached hydrogen (secondary N) is 2. The highest BCUT2D eigenvalue weighted by Gasteiger charge is 2.09. The molecule has 1 atom stereocenters. The van der Waals surface area contributed by atoms with Gasteiger partial charge in [-0.05, 0) is 32.0 Å². The first-order chi connectivity index (χ1) is 7.56. The Morgan fingerprint density at radius 1 is 1.56 bits per heavy atom. The van der Waals surface area contributed by atoms with E-state index >= 15 is 0 Å². The molecule has 0 saturated carbocycles. The van der Waals surface area contributed by atoms with Crippen LogP contribution in [0.25, 0.3) is 11.0 Å². The van der Waals surface area contributed by atoms with Crippen LogP contribution >= 0.6 is 11.6 Å². The molecule has 0 radical (unpaired) electrons. The van der Waals surface area contributed by atoms with E-state index in [2.05, 4.69) is 15.3 Å². The van der Waals surface area contributed by atoms with E-state index in [1.807, 2.05) is 19.1 Å². The summed E-state index contributed by atoms with van der Waals surface area (Å²) in [5.41, 5.74) is 2.50. The van der Waals surface area contributed by atoms with E-state index in [4.69, 9.17) is 11.6 Å². The van der Waals surface area contributed by atoms with Crippen molar-refractivity contribution in [3.05, 3.63) is 24.0 Å². The maximum absolute atomic E-state index is 11.4. The number of rotatable bonds is 2. The van der Waals surface area contributed by atoms with Crippen LogP contribution in [0.2, 0.25) is 0 Å². The highest BCUT2D eigenvalue weighted by atomic mass is 35.5. The summed E-state index contributed by atoms with van der Waals surface area (Å²) in [5.74, 6) is 0.640. The summed E-state index contributed by atoms with van der Waals surface area (Å²) in [6, 6.07) is 5.50. The van der Waals surface area contributed by atoms with Gasteiger partial charge in [-0.1, -0.05) is 0 Å². The number of carbonyl (C=O) groups is 1. The van der Waals surface area contributed by atoms with Gasteiger partial charge in [-0.25, -0.2) is 4.98 Å². The zero-order valence-electron chi connectivity index (χ0n) is 9.04. The second-order valence-electron chi connectivity index (χ2n) is 3.66. The fourth-order valence-electron chi connectivity index (χ4n) is 1.46. The third-order valence-corrected chi connectivity index (χ3v) is 2.43. The van der Waals surface area contributed by atoms with Crippen molar-refractivity contribution in [3.63, 3.8) is 0 Å². The zero-order valence-corrected chi connectivity index (χ0v) is 9.80. The molecule has 5 heteroatoms. The van der Waals surface area contributed by atoms with Crippen LogP contribution in [0.3, 0.4) is 0 Å². The second-order valence-corrected chi connectivity index (χ2v) is 4.31. The van der Waals surface area contributed by atoms with Gasteiger partial charge >= 0.3 is 0 Å². The number of amides is 1. The van der Waals surface area contributed by atoms with E-state index < -0.39 is 5.38 Å². The van der Waals surface area contributed by atoms with Crippen LogP contribution in [-0.4, -0.2) is 21.3 Å². The second kappa shape index (κ2) is 4.14. The zero-order chi connectivity index (χ0) is 11.7. The van der Waals surface area contributed by atoms with Crippen LogP contribution < -0.4 is 5.32 Å². The fraction of sp³-hybridized carbons (Fsp3) is 0.273. The number of carbonyl (C=O) groups excluding carboxylic acids is 1. The Labute approximate surface area is 98.0 Å². The van der Waals surface area contributed by atoms with Crippen molar-refractivity contribution in [2.75, 3.05) is 5.32 Å². The lowest BCUT2D eigenvalue weighted by Crippen LogP contribution is -2.20. The number of halogens is 1. The Kier molecular flexibility index (Phi) is 2.83. The Bertz CT molecular complexity index is 533. The number of alkyl halides is 1. The van der Waals surface area contributed by atoms with Crippen LogP contribution in [0.15, 0.2) is 18.2 Å². The number of hydrogen-bond acceptors (Lipinski definition) is 2. The summed E-state index contributed by atoms with van der Waals surface area (Å²) < 4.78 is 0. The Morgan fingerprint density at radius 3 is 3.00 bits per heavy atom. The van der Waals surface area contributed by atoms with Gasteiger partial charge in [-0.3, -0.25) is 4.79 Å². The third kappa shape index (κ3) is 2.17. The minimum atomic E-state index is -0.542. The normalized spacial score (nSPS) is 12.7. The van der Waals surface area contributed by atoms with Crippen LogP contribution in [0.5, 0.6) is 0 Å². The molecule has 2 rings (SSSR count). The van der Waals surface area contributed by atoms with E-state index in [0.717, 1.165) is 16.9 Å². The molecule has 1 unspecified atom stereocenters. The van der Waals surface area contributed by atoms with Gasteiger partial charge in [0.25, 0.3) is 0 Å². The molecule has 0 aliphatic heterocycles. The molecule has 84 valence electrons. The molecule has 1 heterocycles. The number of aromatic amines is 1. The molecule has 0 aliphatic carbocycles. The maximum Gasteiger partial charge on any atom is 0.242 e.